The molecule has 2 heterocycles. The van der Waals surface area contributed by atoms with Crippen molar-refractivity contribution in [1.82, 2.24) is 9.13 Å². The molecule has 0 unspecified atom stereocenters. The minimum Gasteiger partial charge on any atom is -0.310 e. The summed E-state index contributed by atoms with van der Waals surface area (Å²) < 4.78 is 53.4. The molecule has 0 fully saturated rings. The number of nitrogens with zero attached hydrogens (tertiary/aromatic N) is 4. The summed E-state index contributed by atoms with van der Waals surface area (Å²) in [5.41, 5.74) is 14.7. The molecule has 4 nitrogen and oxygen atoms in total. The molecule has 4 heteroatoms. The molecule has 2 aromatic heterocycles. The van der Waals surface area contributed by atoms with Crippen molar-refractivity contribution in [2.24, 2.45) is 0 Å². The van der Waals surface area contributed by atoms with Crippen molar-refractivity contribution in [2.45, 2.75) is 0 Å². The lowest BCUT2D eigenvalue weighted by Gasteiger charge is -2.27. The standard InChI is InChI=1S/C64H46N4/c1-3-45-17-15-23-53(41-45)65(55-37-39-63-59(43-55)57-25-11-13-27-61(57)67(63)49-19-7-5-8-20-49)51-33-29-47(30-34-51)48-31-35-52(36-32-48)66(54-24-16-18-46(4-2)42-54)56-38-40-64-60(44-56)58-26-12-14-28-62(58)68(64)50-21-9-6-10-22-50/h3-44H,1-2H2/i1D2,2D2,3D,4D. The molecule has 12 aromatic rings. The van der Waals surface area contributed by atoms with Crippen LogP contribution in [0.15, 0.2) is 256 Å². The minimum absolute atomic E-state index is 0.151. The first-order valence-electron chi connectivity index (χ1n) is 25.7. The second-order valence-corrected chi connectivity index (χ2v) is 16.9. The van der Waals surface area contributed by atoms with Crippen molar-refractivity contribution >= 4 is 89.8 Å². The van der Waals surface area contributed by atoms with Gasteiger partial charge in [0.25, 0.3) is 0 Å². The van der Waals surface area contributed by atoms with Gasteiger partial charge in [-0.1, -0.05) is 146 Å². The molecule has 0 bridgehead atoms. The maximum Gasteiger partial charge on any atom is 0.0623 e. The SMILES string of the molecule is [2H]C([2H])=C([2H])c1cccc(N(c2ccc(-c3ccc(N(c4cccc(C([2H])=C([2H])[2H])c4)c4ccc5c(c4)c4ccccc4n5-c4ccccc4)cc3)cc2)c2ccc3c(c2)c2ccccc2n3-c2ccccc2)c1. The lowest BCUT2D eigenvalue weighted by Crippen LogP contribution is -2.10. The molecule has 0 aliphatic heterocycles. The van der Waals surface area contributed by atoms with Gasteiger partial charge in [-0.15, -0.1) is 0 Å². The van der Waals surface area contributed by atoms with Gasteiger partial charge in [0.15, 0.2) is 0 Å². The second-order valence-electron chi connectivity index (χ2n) is 16.9. The van der Waals surface area contributed by atoms with E-state index >= 15 is 0 Å². The van der Waals surface area contributed by atoms with Crippen LogP contribution in [-0.2, 0) is 0 Å². The van der Waals surface area contributed by atoms with E-state index in [1.807, 2.05) is 48.5 Å². The van der Waals surface area contributed by atoms with Crippen LogP contribution in [0.25, 0.3) is 78.2 Å². The molecule has 322 valence electrons. The Bertz CT molecular complexity index is 3870. The molecule has 0 amide bonds. The first-order chi connectivity index (χ1) is 36.2. The molecule has 10 aromatic carbocycles. The summed E-state index contributed by atoms with van der Waals surface area (Å²) in [5, 5.41) is 4.43. The van der Waals surface area contributed by atoms with E-state index < -0.39 is 13.1 Å². The van der Waals surface area contributed by atoms with Crippen molar-refractivity contribution in [2.75, 3.05) is 9.80 Å². The maximum absolute atomic E-state index is 8.55. The topological polar surface area (TPSA) is 16.3 Å². The number of hydrogen-bond donors (Lipinski definition) is 0. The molecule has 68 heavy (non-hydrogen) atoms. The van der Waals surface area contributed by atoms with Gasteiger partial charge in [-0.25, -0.2) is 0 Å². The Morgan fingerprint density at radius 2 is 0.691 bits per heavy atom. The molecular formula is C64H46N4. The summed E-state index contributed by atoms with van der Waals surface area (Å²) in [4.78, 5) is 4.32. The Kier molecular flexibility index (Phi) is 8.58. The molecule has 0 N–H and O–H groups in total. The van der Waals surface area contributed by atoms with Gasteiger partial charge in [0.1, 0.15) is 0 Å². The lowest BCUT2D eigenvalue weighted by atomic mass is 10.0. The van der Waals surface area contributed by atoms with E-state index in [4.69, 9.17) is 8.22 Å². The van der Waals surface area contributed by atoms with Gasteiger partial charge in [-0.3, -0.25) is 0 Å². The first-order valence-corrected chi connectivity index (χ1v) is 22.7. The highest BCUT2D eigenvalue weighted by Gasteiger charge is 2.20. The summed E-state index contributed by atoms with van der Waals surface area (Å²) in [7, 11) is 0. The summed E-state index contributed by atoms with van der Waals surface area (Å²) >= 11 is 0. The Balaban J connectivity index is 0.944. The molecule has 0 aliphatic rings. The smallest absolute Gasteiger partial charge is 0.0623 e. The zero-order chi connectivity index (χ0) is 50.5. The monoisotopic (exact) mass is 876 g/mol. The third-order valence-electron chi connectivity index (χ3n) is 12.9. The fourth-order valence-electron chi connectivity index (χ4n) is 9.86. The zero-order valence-electron chi connectivity index (χ0n) is 42.9. The maximum atomic E-state index is 8.55. The molecule has 12 rings (SSSR count). The van der Waals surface area contributed by atoms with Gasteiger partial charge in [-0.2, -0.15) is 0 Å². The third-order valence-corrected chi connectivity index (χ3v) is 12.9. The van der Waals surface area contributed by atoms with Gasteiger partial charge < -0.3 is 18.9 Å². The van der Waals surface area contributed by atoms with Gasteiger partial charge in [0, 0.05) is 67.0 Å². The van der Waals surface area contributed by atoms with Crippen LogP contribution in [0.5, 0.6) is 0 Å². The van der Waals surface area contributed by atoms with E-state index in [2.05, 4.69) is 201 Å². The molecular weight excluding hydrogens is 825 g/mol. The van der Waals surface area contributed by atoms with Crippen LogP contribution in [0, 0.1) is 0 Å². The summed E-state index contributed by atoms with van der Waals surface area (Å²) in [5.74, 6) is 0. The highest BCUT2D eigenvalue weighted by atomic mass is 15.1. The van der Waals surface area contributed by atoms with Crippen molar-refractivity contribution in [3.8, 4) is 22.5 Å². The third kappa shape index (κ3) is 7.04. The summed E-state index contributed by atoms with van der Waals surface area (Å²) in [6.07, 6.45) is 0. The molecule has 0 saturated carbocycles. The van der Waals surface area contributed by atoms with Crippen LogP contribution < -0.4 is 9.80 Å². The summed E-state index contributed by atoms with van der Waals surface area (Å²) in [6, 6.07) is 82.2. The number of rotatable bonds is 11. The molecule has 0 atom stereocenters. The van der Waals surface area contributed by atoms with Crippen molar-refractivity contribution in [3.05, 3.63) is 267 Å². The van der Waals surface area contributed by atoms with Crippen LogP contribution in [0.3, 0.4) is 0 Å². The quantitative estimate of drug-likeness (QED) is 0.129. The number of aromatic nitrogens is 2. The van der Waals surface area contributed by atoms with Crippen molar-refractivity contribution < 1.29 is 8.22 Å². The number of anilines is 6. The number of para-hydroxylation sites is 4. The van der Waals surface area contributed by atoms with E-state index in [1.165, 1.54) is 0 Å². The van der Waals surface area contributed by atoms with E-state index in [9.17, 15) is 0 Å². The van der Waals surface area contributed by atoms with Gasteiger partial charge in [0.05, 0.1) is 30.3 Å². The second kappa shape index (κ2) is 17.0. The van der Waals surface area contributed by atoms with Crippen LogP contribution in [0.1, 0.15) is 19.4 Å². The van der Waals surface area contributed by atoms with E-state index in [0.29, 0.717) is 11.1 Å². The highest BCUT2D eigenvalue weighted by Crippen LogP contribution is 2.43. The molecule has 0 aliphatic carbocycles. The van der Waals surface area contributed by atoms with Crippen LogP contribution in [0.4, 0.5) is 34.1 Å². The molecule has 0 saturated heterocycles. The average Bonchev–Trinajstić information content (AvgIpc) is 3.96. The average molecular weight is 877 g/mol. The van der Waals surface area contributed by atoms with Crippen LogP contribution in [0.2, 0.25) is 0 Å². The number of benzene rings is 10. The van der Waals surface area contributed by atoms with Crippen LogP contribution in [-0.4, -0.2) is 9.13 Å². The summed E-state index contributed by atoms with van der Waals surface area (Å²) in [6.45, 7) is -1.09. The Morgan fingerprint density at radius 3 is 1.12 bits per heavy atom. The predicted molar refractivity (Wildman–Crippen MR) is 290 cm³/mol. The van der Waals surface area contributed by atoms with Crippen molar-refractivity contribution in [3.63, 3.8) is 0 Å². The zero-order valence-corrected chi connectivity index (χ0v) is 36.9. The molecule has 0 radical (unpaired) electrons. The Hall–Kier alpha value is -9.12. The fourth-order valence-corrected chi connectivity index (χ4v) is 9.86. The Morgan fingerprint density at radius 1 is 0.324 bits per heavy atom. The van der Waals surface area contributed by atoms with E-state index in [-0.39, 0.29) is 12.1 Å². The normalized spacial score (nSPS) is 12.5. The first kappa shape index (κ1) is 34.3. The minimum atomic E-state index is -0.546. The van der Waals surface area contributed by atoms with E-state index in [1.54, 1.807) is 12.1 Å². The lowest BCUT2D eigenvalue weighted by molar-refractivity contribution is 1.18. The predicted octanol–water partition coefficient (Wildman–Crippen LogP) is 17.8. The largest absolute Gasteiger partial charge is 0.310 e. The van der Waals surface area contributed by atoms with Gasteiger partial charge in [-0.05, 0) is 144 Å². The molecule has 0 spiro atoms. The van der Waals surface area contributed by atoms with Gasteiger partial charge in [0.2, 0.25) is 0 Å². The van der Waals surface area contributed by atoms with E-state index in [0.717, 1.165) is 100 Å². The number of hydrogen-bond acceptors (Lipinski definition) is 2. The van der Waals surface area contributed by atoms with Crippen molar-refractivity contribution in [1.29, 1.82) is 0 Å². The van der Waals surface area contributed by atoms with Crippen LogP contribution >= 0.6 is 0 Å². The van der Waals surface area contributed by atoms with Gasteiger partial charge >= 0.3 is 0 Å². The number of fused-ring (bicyclic) bond motifs is 6. The highest BCUT2D eigenvalue weighted by molar-refractivity contribution is 6.12. The fraction of sp³-hybridized carbons (Fsp3) is 0. The Labute approximate surface area is 404 Å².